The van der Waals surface area contributed by atoms with Crippen molar-refractivity contribution in [1.29, 1.82) is 0 Å². The van der Waals surface area contributed by atoms with Crippen molar-refractivity contribution in [2.24, 2.45) is 0 Å². The minimum absolute atomic E-state index is 0.0268. The topological polar surface area (TPSA) is 79.0 Å². The van der Waals surface area contributed by atoms with Crippen molar-refractivity contribution < 1.29 is 31.1 Å². The molecule has 0 unspecified atom stereocenters. The van der Waals surface area contributed by atoms with Crippen LogP contribution in [0.15, 0.2) is 65.4 Å². The van der Waals surface area contributed by atoms with Crippen molar-refractivity contribution >= 4 is 21.4 Å². The third-order valence-electron chi connectivity index (χ3n) is 7.34. The van der Waals surface area contributed by atoms with Crippen molar-refractivity contribution in [2.75, 3.05) is 31.5 Å². The number of anilines is 1. The molecule has 0 atom stereocenters. The number of carbonyl (C=O) groups is 1. The molecule has 2 fully saturated rings. The van der Waals surface area contributed by atoms with Crippen molar-refractivity contribution in [3.63, 3.8) is 0 Å². The van der Waals surface area contributed by atoms with Crippen molar-refractivity contribution in [2.45, 2.75) is 81.3 Å². The number of carbonyl (C=O) groups excluding carboxylic acids is 1. The Balaban J connectivity index is 1.49. The lowest BCUT2D eigenvalue weighted by Crippen LogP contribution is -2.48. The first-order valence-electron chi connectivity index (χ1n) is 13.9. The zero-order valence-electron chi connectivity index (χ0n) is 23.3. The Kier molecular flexibility index (Phi) is 11.1. The molecule has 0 spiro atoms. The van der Waals surface area contributed by atoms with Crippen LogP contribution in [0.1, 0.15) is 58.8 Å². The summed E-state index contributed by atoms with van der Waals surface area (Å²) in [6.07, 6.45) is 11.5. The van der Waals surface area contributed by atoms with Gasteiger partial charge in [0, 0.05) is 56.1 Å². The molecular formula is C29H40F3N3O4S. The average Bonchev–Trinajstić information content (AvgIpc) is 2.94. The van der Waals surface area contributed by atoms with Crippen molar-refractivity contribution in [1.82, 2.24) is 9.80 Å². The van der Waals surface area contributed by atoms with Gasteiger partial charge in [0.1, 0.15) is 5.76 Å². The second-order valence-corrected chi connectivity index (χ2v) is 12.1. The van der Waals surface area contributed by atoms with E-state index in [-0.39, 0.29) is 18.1 Å². The summed E-state index contributed by atoms with van der Waals surface area (Å²) in [7, 11) is -5.35. The normalized spacial score (nSPS) is 21.2. The third kappa shape index (κ3) is 8.28. The SMILES string of the molecule is C=C/C(=C\C(=C/C)OC1CCC(Nc2ccc(S(=O)(=O)C(F)(F)F)cc2)CC1)N1CCN(C(=O)CCCC)CC1. The van der Waals surface area contributed by atoms with Crippen molar-refractivity contribution in [3.8, 4) is 0 Å². The maximum absolute atomic E-state index is 12.8. The number of alkyl halides is 3. The van der Waals surface area contributed by atoms with Gasteiger partial charge in [0.25, 0.3) is 9.84 Å². The number of halogens is 3. The molecule has 1 aliphatic carbocycles. The first-order chi connectivity index (χ1) is 19.0. The van der Waals surface area contributed by atoms with E-state index in [4.69, 9.17) is 4.74 Å². The van der Waals surface area contributed by atoms with Crippen LogP contribution in [0, 0.1) is 0 Å². The van der Waals surface area contributed by atoms with Gasteiger partial charge in [-0.3, -0.25) is 4.79 Å². The number of unbranched alkanes of at least 4 members (excludes halogenated alkanes) is 1. The molecule has 3 rings (SSSR count). The molecule has 1 N–H and O–H groups in total. The van der Waals surface area contributed by atoms with Gasteiger partial charge in [0.05, 0.1) is 11.0 Å². The van der Waals surface area contributed by atoms with Gasteiger partial charge >= 0.3 is 5.51 Å². The summed E-state index contributed by atoms with van der Waals surface area (Å²) in [6.45, 7) is 10.9. The molecule has 0 aromatic heterocycles. The summed E-state index contributed by atoms with van der Waals surface area (Å²) in [5.41, 5.74) is -3.79. The van der Waals surface area contributed by atoms with E-state index in [2.05, 4.69) is 23.7 Å². The van der Waals surface area contributed by atoms with Gasteiger partial charge in [-0.1, -0.05) is 19.9 Å². The van der Waals surface area contributed by atoms with Crippen molar-refractivity contribution in [3.05, 3.63) is 60.5 Å². The molecule has 222 valence electrons. The number of rotatable bonds is 11. The highest BCUT2D eigenvalue weighted by atomic mass is 32.2. The number of hydrogen-bond acceptors (Lipinski definition) is 6. The Morgan fingerprint density at radius 3 is 2.20 bits per heavy atom. The zero-order chi connectivity index (χ0) is 29.3. The van der Waals surface area contributed by atoms with Crippen LogP contribution in [0.5, 0.6) is 0 Å². The number of allylic oxidation sites excluding steroid dienone is 3. The molecule has 11 heteroatoms. The Hall–Kier alpha value is -2.95. The summed E-state index contributed by atoms with van der Waals surface area (Å²) in [4.78, 5) is 15.7. The van der Waals surface area contributed by atoms with E-state index in [9.17, 15) is 26.4 Å². The summed E-state index contributed by atoms with van der Waals surface area (Å²) in [5, 5.41) is 3.29. The number of amides is 1. The van der Waals surface area contributed by atoms with Crippen LogP contribution in [0.25, 0.3) is 0 Å². The minimum Gasteiger partial charge on any atom is -0.491 e. The first-order valence-corrected chi connectivity index (χ1v) is 15.3. The smallest absolute Gasteiger partial charge is 0.491 e. The number of benzene rings is 1. The van der Waals surface area contributed by atoms with E-state index in [1.165, 1.54) is 12.1 Å². The Morgan fingerprint density at radius 2 is 1.68 bits per heavy atom. The van der Waals surface area contributed by atoms with E-state index >= 15 is 0 Å². The Labute approximate surface area is 235 Å². The highest BCUT2D eigenvalue weighted by Crippen LogP contribution is 2.31. The fourth-order valence-corrected chi connectivity index (χ4v) is 5.69. The lowest BCUT2D eigenvalue weighted by atomic mass is 9.92. The van der Waals surface area contributed by atoms with Crippen LogP contribution in [-0.2, 0) is 19.4 Å². The summed E-state index contributed by atoms with van der Waals surface area (Å²) >= 11 is 0. The molecule has 2 aliphatic rings. The number of piperazine rings is 1. The van der Waals surface area contributed by atoms with Crippen LogP contribution < -0.4 is 5.32 Å². The van der Waals surface area contributed by atoms with E-state index in [0.717, 1.165) is 75.2 Å². The van der Waals surface area contributed by atoms with Gasteiger partial charge in [-0.05, 0) is 75.4 Å². The largest absolute Gasteiger partial charge is 0.501 e. The molecule has 1 saturated heterocycles. The number of ether oxygens (including phenoxy) is 1. The van der Waals surface area contributed by atoms with Gasteiger partial charge in [-0.15, -0.1) is 0 Å². The molecular weight excluding hydrogens is 543 g/mol. The third-order valence-corrected chi connectivity index (χ3v) is 8.84. The standard InChI is InChI=1S/C29H40F3N3O4S/c1-4-7-8-28(36)35-19-17-34(18-20-35)24(5-2)21-25(6-3)39-26-13-9-22(10-14-26)33-23-11-15-27(16-12-23)40(37,38)29(30,31)32/h5-6,11-12,15-16,21-22,26,33H,2,4,7-10,13-14,17-20H2,1,3H3/b24-21+,25-6+. The van der Waals surface area contributed by atoms with Gasteiger partial charge in [0.15, 0.2) is 0 Å². The average molecular weight is 584 g/mol. The van der Waals surface area contributed by atoms with Crippen LogP contribution in [0.4, 0.5) is 18.9 Å². The quantitative estimate of drug-likeness (QED) is 0.253. The second-order valence-electron chi connectivity index (χ2n) is 10.1. The number of hydrogen-bond donors (Lipinski definition) is 1. The fourth-order valence-electron chi connectivity index (χ4n) is 4.93. The van der Waals surface area contributed by atoms with E-state index < -0.39 is 20.2 Å². The number of nitrogens with zero attached hydrogens (tertiary/aromatic N) is 2. The van der Waals surface area contributed by atoms with Gasteiger partial charge in [-0.25, -0.2) is 8.42 Å². The summed E-state index contributed by atoms with van der Waals surface area (Å²) < 4.78 is 67.7. The molecule has 0 bridgehead atoms. The number of nitrogens with one attached hydrogen (secondary N) is 1. The number of sulfone groups is 1. The van der Waals surface area contributed by atoms with Gasteiger partial charge in [-0.2, -0.15) is 13.2 Å². The fraction of sp³-hybridized carbons (Fsp3) is 0.552. The second kappa shape index (κ2) is 14.1. The van der Waals surface area contributed by atoms with E-state index in [0.29, 0.717) is 25.2 Å². The lowest BCUT2D eigenvalue weighted by Gasteiger charge is -2.37. The van der Waals surface area contributed by atoms with Crippen LogP contribution in [0.3, 0.4) is 0 Å². The molecule has 1 aromatic carbocycles. The monoisotopic (exact) mass is 583 g/mol. The van der Waals surface area contributed by atoms with Gasteiger partial charge < -0.3 is 19.9 Å². The summed E-state index contributed by atoms with van der Waals surface area (Å²) in [6, 6.07) is 4.79. The molecule has 1 aliphatic heterocycles. The van der Waals surface area contributed by atoms with E-state index in [1.807, 2.05) is 30.1 Å². The maximum Gasteiger partial charge on any atom is 0.501 e. The molecule has 1 heterocycles. The molecule has 7 nitrogen and oxygen atoms in total. The first kappa shape index (κ1) is 31.6. The van der Waals surface area contributed by atoms with E-state index in [1.54, 1.807) is 0 Å². The zero-order valence-corrected chi connectivity index (χ0v) is 24.1. The lowest BCUT2D eigenvalue weighted by molar-refractivity contribution is -0.132. The highest BCUT2D eigenvalue weighted by Gasteiger charge is 2.46. The predicted molar refractivity (Wildman–Crippen MR) is 150 cm³/mol. The van der Waals surface area contributed by atoms with Crippen LogP contribution >= 0.6 is 0 Å². The summed E-state index contributed by atoms with van der Waals surface area (Å²) in [5.74, 6) is 0.980. The Bertz CT molecular complexity index is 1160. The van der Waals surface area contributed by atoms with Gasteiger partial charge in [0.2, 0.25) is 5.91 Å². The molecule has 1 saturated carbocycles. The highest BCUT2D eigenvalue weighted by molar-refractivity contribution is 7.92. The molecule has 1 amide bonds. The minimum atomic E-state index is -5.35. The van der Waals surface area contributed by atoms with Crippen LogP contribution in [0.2, 0.25) is 0 Å². The molecule has 40 heavy (non-hydrogen) atoms. The van der Waals surface area contributed by atoms with Crippen LogP contribution in [-0.4, -0.2) is 68.0 Å². The predicted octanol–water partition coefficient (Wildman–Crippen LogP) is 6.03. The molecule has 0 radical (unpaired) electrons. The molecule has 1 aromatic rings. The Morgan fingerprint density at radius 1 is 1.07 bits per heavy atom. The maximum atomic E-state index is 12.8.